The van der Waals surface area contributed by atoms with E-state index < -0.39 is 29.8 Å². The minimum absolute atomic E-state index is 0.108. The molecule has 6 N–H and O–H groups in total. The molecule has 0 aromatic heterocycles. The Hall–Kier alpha value is -2.32. The second-order valence-electron chi connectivity index (χ2n) is 5.71. The van der Waals surface area contributed by atoms with Crippen molar-refractivity contribution in [2.75, 3.05) is 5.32 Å². The van der Waals surface area contributed by atoms with Gasteiger partial charge in [-0.3, -0.25) is 10.1 Å². The lowest BCUT2D eigenvalue weighted by Crippen LogP contribution is -2.36. The summed E-state index contributed by atoms with van der Waals surface area (Å²) in [5.74, 6) is -1.75. The maximum Gasteiger partial charge on any atom is 0.412 e. The van der Waals surface area contributed by atoms with Crippen LogP contribution in [0.25, 0.3) is 0 Å². The van der Waals surface area contributed by atoms with Gasteiger partial charge in [-0.15, -0.1) is 0 Å². The monoisotopic (exact) mass is 312 g/mol. The maximum atomic E-state index is 11.7. The second-order valence-corrected chi connectivity index (χ2v) is 5.71. The van der Waals surface area contributed by atoms with Gasteiger partial charge in [0.25, 0.3) is 0 Å². The number of nitrogens with two attached hydrogens (primary N) is 1. The van der Waals surface area contributed by atoms with Gasteiger partial charge in [-0.05, 0) is 39.0 Å². The molecule has 2 unspecified atom stereocenters. The zero-order valence-corrected chi connectivity index (χ0v) is 12.5. The Kier molecular flexibility index (Phi) is 5.34. The third kappa shape index (κ3) is 4.90. The number of aliphatic hydroxyl groups excluding tert-OH is 1. The highest BCUT2D eigenvalue weighted by Gasteiger charge is 2.26. The Morgan fingerprint density at radius 2 is 1.91 bits per heavy atom. The number of aliphatic carboxylic acids is 1. The summed E-state index contributed by atoms with van der Waals surface area (Å²) in [5.41, 5.74) is 4.75. The van der Waals surface area contributed by atoms with E-state index in [0.29, 0.717) is 0 Å². The zero-order valence-electron chi connectivity index (χ0n) is 12.5. The number of hydrogen-bond acceptors (Lipinski definition) is 6. The number of amides is 1. The SMILES string of the molecule is CC(C)(C)OC(=O)Nc1ccc(O)c(C(O)C(N)C(=O)O)c1. The van der Waals surface area contributed by atoms with Crippen LogP contribution in [0.15, 0.2) is 18.2 Å². The van der Waals surface area contributed by atoms with Gasteiger partial charge in [0.2, 0.25) is 0 Å². The van der Waals surface area contributed by atoms with E-state index in [9.17, 15) is 19.8 Å². The quantitative estimate of drug-likeness (QED) is 0.525. The van der Waals surface area contributed by atoms with Crippen molar-refractivity contribution in [1.82, 2.24) is 0 Å². The Labute approximate surface area is 127 Å². The van der Waals surface area contributed by atoms with Crippen LogP contribution in [0.4, 0.5) is 10.5 Å². The van der Waals surface area contributed by atoms with Crippen LogP contribution in [0, 0.1) is 0 Å². The molecule has 0 aliphatic rings. The summed E-state index contributed by atoms with van der Waals surface area (Å²) in [6.07, 6.45) is -2.35. The van der Waals surface area contributed by atoms with E-state index in [1.165, 1.54) is 18.2 Å². The van der Waals surface area contributed by atoms with Crippen molar-refractivity contribution in [3.05, 3.63) is 23.8 Å². The molecule has 1 rings (SSSR count). The van der Waals surface area contributed by atoms with E-state index in [-0.39, 0.29) is 17.0 Å². The molecule has 0 spiro atoms. The molecule has 1 aromatic carbocycles. The summed E-state index contributed by atoms with van der Waals surface area (Å²) >= 11 is 0. The van der Waals surface area contributed by atoms with Crippen LogP contribution < -0.4 is 11.1 Å². The van der Waals surface area contributed by atoms with Crippen molar-refractivity contribution in [3.8, 4) is 5.75 Å². The van der Waals surface area contributed by atoms with E-state index in [2.05, 4.69) is 5.32 Å². The molecule has 0 radical (unpaired) electrons. The molecule has 0 saturated carbocycles. The lowest BCUT2D eigenvalue weighted by Gasteiger charge is -2.20. The van der Waals surface area contributed by atoms with Crippen LogP contribution in [0.5, 0.6) is 5.75 Å². The summed E-state index contributed by atoms with van der Waals surface area (Å²) < 4.78 is 5.06. The average Bonchev–Trinajstić information content (AvgIpc) is 2.37. The molecule has 22 heavy (non-hydrogen) atoms. The molecule has 0 bridgehead atoms. The van der Waals surface area contributed by atoms with E-state index >= 15 is 0 Å². The molecular weight excluding hydrogens is 292 g/mol. The summed E-state index contributed by atoms with van der Waals surface area (Å²) in [5, 5.41) is 30.8. The number of anilines is 1. The topological polar surface area (TPSA) is 142 Å². The Morgan fingerprint density at radius 3 is 2.41 bits per heavy atom. The third-order valence-corrected chi connectivity index (χ3v) is 2.62. The van der Waals surface area contributed by atoms with Crippen molar-refractivity contribution >= 4 is 17.7 Å². The molecule has 0 aliphatic heterocycles. The first kappa shape index (κ1) is 17.7. The first-order chi connectivity index (χ1) is 10.0. The van der Waals surface area contributed by atoms with E-state index in [4.69, 9.17) is 15.6 Å². The number of phenolic OH excluding ortho intramolecular Hbond substituents is 1. The van der Waals surface area contributed by atoms with Crippen LogP contribution in [-0.4, -0.2) is 39.0 Å². The zero-order chi connectivity index (χ0) is 17.1. The van der Waals surface area contributed by atoms with Crippen LogP contribution >= 0.6 is 0 Å². The number of phenols is 1. The number of benzene rings is 1. The minimum Gasteiger partial charge on any atom is -0.508 e. The Balaban J connectivity index is 2.95. The summed E-state index contributed by atoms with van der Waals surface area (Å²) in [6, 6.07) is 2.21. The van der Waals surface area contributed by atoms with Gasteiger partial charge in [0, 0.05) is 11.3 Å². The number of carboxylic acid groups (broad SMARTS) is 1. The fourth-order valence-electron chi connectivity index (χ4n) is 1.62. The fourth-order valence-corrected chi connectivity index (χ4v) is 1.62. The predicted octanol–water partition coefficient (Wildman–Crippen LogP) is 1.18. The molecule has 0 aliphatic carbocycles. The van der Waals surface area contributed by atoms with Gasteiger partial charge in [0.1, 0.15) is 23.5 Å². The van der Waals surface area contributed by atoms with Gasteiger partial charge >= 0.3 is 12.1 Å². The first-order valence-corrected chi connectivity index (χ1v) is 6.50. The van der Waals surface area contributed by atoms with Crippen LogP contribution in [0.2, 0.25) is 0 Å². The molecule has 1 amide bonds. The van der Waals surface area contributed by atoms with Crippen molar-refractivity contribution < 1.29 is 29.6 Å². The smallest absolute Gasteiger partial charge is 0.412 e. The lowest BCUT2D eigenvalue weighted by atomic mass is 10.0. The first-order valence-electron chi connectivity index (χ1n) is 6.50. The van der Waals surface area contributed by atoms with Gasteiger partial charge in [-0.2, -0.15) is 0 Å². The standard InChI is InChI=1S/C14H20N2O6/c1-14(2,3)22-13(21)16-7-4-5-9(17)8(6-7)11(18)10(15)12(19)20/h4-6,10-11,17-18H,15H2,1-3H3,(H,16,21)(H,19,20). The number of hydrogen-bond donors (Lipinski definition) is 5. The molecule has 0 heterocycles. The number of carboxylic acids is 1. The fraction of sp³-hybridized carbons (Fsp3) is 0.429. The van der Waals surface area contributed by atoms with Gasteiger partial charge in [-0.25, -0.2) is 4.79 Å². The van der Waals surface area contributed by atoms with Gasteiger partial charge in [0.05, 0.1) is 0 Å². The number of aliphatic hydroxyl groups is 1. The second kappa shape index (κ2) is 6.63. The molecule has 1 aromatic rings. The van der Waals surface area contributed by atoms with Crippen LogP contribution in [-0.2, 0) is 9.53 Å². The molecule has 0 fully saturated rings. The third-order valence-electron chi connectivity index (χ3n) is 2.62. The number of carbonyl (C=O) groups is 2. The van der Waals surface area contributed by atoms with Crippen molar-refractivity contribution in [2.45, 2.75) is 38.5 Å². The van der Waals surface area contributed by atoms with Gasteiger partial charge in [0.15, 0.2) is 0 Å². The summed E-state index contributed by atoms with van der Waals surface area (Å²) in [6.45, 7) is 5.10. The van der Waals surface area contributed by atoms with Crippen LogP contribution in [0.1, 0.15) is 32.4 Å². The number of carbonyl (C=O) groups excluding carboxylic acids is 1. The largest absolute Gasteiger partial charge is 0.508 e. The van der Waals surface area contributed by atoms with E-state index in [1.54, 1.807) is 20.8 Å². The maximum absolute atomic E-state index is 11.7. The van der Waals surface area contributed by atoms with E-state index in [1.807, 2.05) is 0 Å². The Bertz CT molecular complexity index is 567. The highest BCUT2D eigenvalue weighted by atomic mass is 16.6. The molecular formula is C14H20N2O6. The van der Waals surface area contributed by atoms with Crippen LogP contribution in [0.3, 0.4) is 0 Å². The average molecular weight is 312 g/mol. The van der Waals surface area contributed by atoms with Gasteiger partial charge < -0.3 is 25.8 Å². The van der Waals surface area contributed by atoms with Crippen molar-refractivity contribution in [3.63, 3.8) is 0 Å². The number of nitrogens with one attached hydrogen (secondary N) is 1. The predicted molar refractivity (Wildman–Crippen MR) is 78.5 cm³/mol. The van der Waals surface area contributed by atoms with Crippen molar-refractivity contribution in [1.29, 1.82) is 0 Å². The number of rotatable bonds is 4. The molecule has 0 saturated heterocycles. The molecule has 8 heteroatoms. The Morgan fingerprint density at radius 1 is 1.32 bits per heavy atom. The highest BCUT2D eigenvalue weighted by molar-refractivity contribution is 5.85. The van der Waals surface area contributed by atoms with Gasteiger partial charge in [-0.1, -0.05) is 0 Å². The molecule has 2 atom stereocenters. The number of ether oxygens (including phenoxy) is 1. The highest BCUT2D eigenvalue weighted by Crippen LogP contribution is 2.29. The summed E-state index contributed by atoms with van der Waals surface area (Å²) in [7, 11) is 0. The number of aromatic hydroxyl groups is 1. The molecule has 122 valence electrons. The molecule has 8 nitrogen and oxygen atoms in total. The van der Waals surface area contributed by atoms with E-state index in [0.717, 1.165) is 0 Å². The lowest BCUT2D eigenvalue weighted by molar-refractivity contribution is -0.141. The minimum atomic E-state index is -1.63. The normalized spacial score (nSPS) is 14.0. The van der Waals surface area contributed by atoms with Crippen molar-refractivity contribution in [2.24, 2.45) is 5.73 Å². The summed E-state index contributed by atoms with van der Waals surface area (Å²) in [4.78, 5) is 22.4.